The van der Waals surface area contributed by atoms with Crippen molar-refractivity contribution < 1.29 is 5.32 Å². The van der Waals surface area contributed by atoms with Gasteiger partial charge in [0.05, 0.1) is 0 Å². The van der Waals surface area contributed by atoms with E-state index in [1.807, 2.05) is 43.3 Å². The fraction of sp³-hybridized carbons (Fsp3) is 0.222. The van der Waals surface area contributed by atoms with Crippen molar-refractivity contribution in [2.24, 2.45) is 0 Å². The smallest absolute Gasteiger partial charge is 0.258 e. The number of rotatable bonds is 4. The number of quaternary nitrogens is 1. The van der Waals surface area contributed by atoms with Gasteiger partial charge >= 0.3 is 0 Å². The van der Waals surface area contributed by atoms with Gasteiger partial charge in [0.25, 0.3) is 5.56 Å². The Kier molecular flexibility index (Phi) is 4.02. The zero-order valence-electron chi connectivity index (χ0n) is 12.9. The molecule has 2 N–H and O–H groups in total. The molecule has 0 radical (unpaired) electrons. The van der Waals surface area contributed by atoms with Crippen LogP contribution >= 0.6 is 0 Å². The summed E-state index contributed by atoms with van der Waals surface area (Å²) in [6, 6.07) is 18.0. The molecule has 3 aromatic rings. The standard InChI is InChI=1S/C18H19N3O/c1-13-7-6-10-17-20-16(11-18(22)21(13)17)12-19-14(2)15-8-4-3-5-9-15/h3-11,14,19H,12H2,1-2H3/p+1/t14-/m0/s1. The van der Waals surface area contributed by atoms with Crippen LogP contribution in [0.1, 0.15) is 29.9 Å². The SMILES string of the molecule is Cc1cccc2nc(C[NH2+][C@@H](C)c3ccccc3)cc(=O)n12. The molecule has 4 heteroatoms. The number of nitrogens with two attached hydrogens (primary N) is 1. The topological polar surface area (TPSA) is 51.0 Å². The highest BCUT2D eigenvalue weighted by Crippen LogP contribution is 2.07. The molecule has 112 valence electrons. The lowest BCUT2D eigenvalue weighted by molar-refractivity contribution is -0.708. The van der Waals surface area contributed by atoms with Crippen molar-refractivity contribution in [2.45, 2.75) is 26.4 Å². The first-order chi connectivity index (χ1) is 10.6. The Labute approximate surface area is 129 Å². The second-order valence-corrected chi connectivity index (χ2v) is 5.59. The van der Waals surface area contributed by atoms with Gasteiger partial charge in [0.2, 0.25) is 0 Å². The van der Waals surface area contributed by atoms with E-state index in [9.17, 15) is 4.79 Å². The molecule has 2 heterocycles. The van der Waals surface area contributed by atoms with Crippen molar-refractivity contribution in [3.05, 3.63) is 81.9 Å². The summed E-state index contributed by atoms with van der Waals surface area (Å²) >= 11 is 0. The van der Waals surface area contributed by atoms with E-state index in [0.29, 0.717) is 18.2 Å². The van der Waals surface area contributed by atoms with Crippen molar-refractivity contribution in [1.29, 1.82) is 0 Å². The zero-order valence-corrected chi connectivity index (χ0v) is 12.9. The first kappa shape index (κ1) is 14.5. The van der Waals surface area contributed by atoms with Gasteiger partial charge in [0.15, 0.2) is 0 Å². The lowest BCUT2D eigenvalue weighted by Crippen LogP contribution is -2.83. The summed E-state index contributed by atoms with van der Waals surface area (Å²) in [5, 5.41) is 2.20. The highest BCUT2D eigenvalue weighted by atomic mass is 16.1. The molecule has 0 amide bonds. The van der Waals surface area contributed by atoms with Crippen molar-refractivity contribution in [3.8, 4) is 0 Å². The minimum absolute atomic E-state index is 0.0149. The van der Waals surface area contributed by atoms with Gasteiger partial charge in [-0.25, -0.2) is 4.98 Å². The molecule has 0 bridgehead atoms. The Bertz CT molecular complexity index is 840. The molecule has 0 spiro atoms. The lowest BCUT2D eigenvalue weighted by atomic mass is 10.1. The van der Waals surface area contributed by atoms with E-state index in [4.69, 9.17) is 0 Å². The highest BCUT2D eigenvalue weighted by molar-refractivity contribution is 5.40. The summed E-state index contributed by atoms with van der Waals surface area (Å²) in [5.74, 6) is 0. The molecule has 0 saturated heterocycles. The van der Waals surface area contributed by atoms with Crippen LogP contribution in [0.15, 0.2) is 59.4 Å². The second-order valence-electron chi connectivity index (χ2n) is 5.59. The summed E-state index contributed by atoms with van der Waals surface area (Å²) in [7, 11) is 0. The number of aromatic nitrogens is 2. The average Bonchev–Trinajstić information content (AvgIpc) is 2.53. The van der Waals surface area contributed by atoms with Crippen LogP contribution < -0.4 is 10.9 Å². The molecule has 0 fully saturated rings. The van der Waals surface area contributed by atoms with Crippen molar-refractivity contribution in [3.63, 3.8) is 0 Å². The molecule has 2 aromatic heterocycles. The van der Waals surface area contributed by atoms with E-state index in [1.165, 1.54) is 5.56 Å². The van der Waals surface area contributed by atoms with E-state index in [-0.39, 0.29) is 5.56 Å². The van der Waals surface area contributed by atoms with Crippen molar-refractivity contribution in [2.75, 3.05) is 0 Å². The van der Waals surface area contributed by atoms with Crippen LogP contribution in [0.3, 0.4) is 0 Å². The quantitative estimate of drug-likeness (QED) is 0.798. The first-order valence-corrected chi connectivity index (χ1v) is 7.52. The maximum Gasteiger partial charge on any atom is 0.258 e. The zero-order chi connectivity index (χ0) is 15.5. The molecule has 0 saturated carbocycles. The Morgan fingerprint density at radius 1 is 1.14 bits per heavy atom. The fourth-order valence-corrected chi connectivity index (χ4v) is 2.66. The van der Waals surface area contributed by atoms with E-state index in [1.54, 1.807) is 10.5 Å². The molecule has 0 unspecified atom stereocenters. The third-order valence-corrected chi connectivity index (χ3v) is 3.94. The monoisotopic (exact) mass is 294 g/mol. The van der Waals surface area contributed by atoms with Gasteiger partial charge < -0.3 is 5.32 Å². The third-order valence-electron chi connectivity index (χ3n) is 3.94. The summed E-state index contributed by atoms with van der Waals surface area (Å²) < 4.78 is 1.64. The number of benzene rings is 1. The Morgan fingerprint density at radius 3 is 2.68 bits per heavy atom. The highest BCUT2D eigenvalue weighted by Gasteiger charge is 2.10. The molecule has 3 rings (SSSR count). The minimum atomic E-state index is -0.0149. The minimum Gasteiger partial charge on any atom is -0.335 e. The van der Waals surface area contributed by atoms with Crippen LogP contribution in [0, 0.1) is 6.92 Å². The van der Waals surface area contributed by atoms with Crippen LogP contribution in [0.4, 0.5) is 0 Å². The first-order valence-electron chi connectivity index (χ1n) is 7.52. The van der Waals surface area contributed by atoms with Gasteiger partial charge in [0.1, 0.15) is 23.9 Å². The predicted octanol–water partition coefficient (Wildman–Crippen LogP) is 1.83. The largest absolute Gasteiger partial charge is 0.335 e. The summed E-state index contributed by atoms with van der Waals surface area (Å²) in [5.41, 5.74) is 3.69. The lowest BCUT2D eigenvalue weighted by Gasteiger charge is -2.11. The van der Waals surface area contributed by atoms with Gasteiger partial charge in [-0.1, -0.05) is 36.4 Å². The average molecular weight is 294 g/mol. The third kappa shape index (κ3) is 2.92. The van der Waals surface area contributed by atoms with E-state index < -0.39 is 0 Å². The number of nitrogens with zero attached hydrogens (tertiary/aromatic N) is 2. The molecule has 1 atom stereocenters. The summed E-state index contributed by atoms with van der Waals surface area (Å²) in [6.07, 6.45) is 0. The Hall–Kier alpha value is -2.46. The van der Waals surface area contributed by atoms with Gasteiger partial charge in [-0.3, -0.25) is 9.20 Å². The van der Waals surface area contributed by atoms with E-state index in [0.717, 1.165) is 11.4 Å². The van der Waals surface area contributed by atoms with Crippen LogP contribution in [-0.2, 0) is 6.54 Å². The molecule has 4 nitrogen and oxygen atoms in total. The fourth-order valence-electron chi connectivity index (χ4n) is 2.66. The molecule has 22 heavy (non-hydrogen) atoms. The summed E-state index contributed by atoms with van der Waals surface area (Å²) in [6.45, 7) is 4.77. The normalized spacial score (nSPS) is 12.5. The number of hydrogen-bond donors (Lipinski definition) is 1. The molecular formula is C18H20N3O+. The van der Waals surface area contributed by atoms with Gasteiger partial charge in [-0.2, -0.15) is 0 Å². The second kappa shape index (κ2) is 6.12. The molecule has 1 aromatic carbocycles. The number of pyridine rings is 1. The van der Waals surface area contributed by atoms with Crippen LogP contribution in [0.2, 0.25) is 0 Å². The van der Waals surface area contributed by atoms with Crippen molar-refractivity contribution >= 4 is 5.65 Å². The maximum absolute atomic E-state index is 12.2. The predicted molar refractivity (Wildman–Crippen MR) is 86.7 cm³/mol. The molecular weight excluding hydrogens is 274 g/mol. The van der Waals surface area contributed by atoms with E-state index in [2.05, 4.69) is 29.4 Å². The van der Waals surface area contributed by atoms with Crippen LogP contribution in [0.5, 0.6) is 0 Å². The van der Waals surface area contributed by atoms with E-state index >= 15 is 0 Å². The van der Waals surface area contributed by atoms with Crippen LogP contribution in [0.25, 0.3) is 5.65 Å². The van der Waals surface area contributed by atoms with Gasteiger partial charge in [0, 0.05) is 17.3 Å². The Balaban J connectivity index is 1.82. The number of aryl methyl sites for hydroxylation is 1. The molecule has 0 aliphatic rings. The van der Waals surface area contributed by atoms with Crippen LogP contribution in [-0.4, -0.2) is 9.38 Å². The van der Waals surface area contributed by atoms with Crippen molar-refractivity contribution in [1.82, 2.24) is 9.38 Å². The number of hydrogen-bond acceptors (Lipinski definition) is 2. The number of fused-ring (bicyclic) bond motifs is 1. The van der Waals surface area contributed by atoms with Gasteiger partial charge in [-0.15, -0.1) is 0 Å². The molecule has 0 aliphatic heterocycles. The maximum atomic E-state index is 12.2. The Morgan fingerprint density at radius 2 is 1.91 bits per heavy atom. The van der Waals surface area contributed by atoms with Gasteiger partial charge in [-0.05, 0) is 26.0 Å². The molecule has 0 aliphatic carbocycles. The summed E-state index contributed by atoms with van der Waals surface area (Å²) in [4.78, 5) is 16.8.